The molecule has 1 amide bonds. The molecule has 1 N–H and O–H groups in total. The minimum Gasteiger partial charge on any atom is -0.493 e. The lowest BCUT2D eigenvalue weighted by atomic mass is 10.0. The van der Waals surface area contributed by atoms with E-state index in [9.17, 15) is 4.79 Å². The molecule has 1 aromatic carbocycles. The van der Waals surface area contributed by atoms with Crippen LogP contribution in [0.1, 0.15) is 32.6 Å². The van der Waals surface area contributed by atoms with Gasteiger partial charge in [-0.1, -0.05) is 12.5 Å². The van der Waals surface area contributed by atoms with Crippen LogP contribution in [-0.2, 0) is 4.79 Å². The van der Waals surface area contributed by atoms with Gasteiger partial charge in [-0.3, -0.25) is 4.79 Å². The van der Waals surface area contributed by atoms with E-state index in [-0.39, 0.29) is 5.91 Å². The van der Waals surface area contributed by atoms with Gasteiger partial charge < -0.3 is 15.0 Å². The fraction of sp³-hybridized carbons (Fsp3) is 0.611. The summed E-state index contributed by atoms with van der Waals surface area (Å²) < 4.78 is 5.80. The average molecular weight is 302 g/mol. The molecule has 1 saturated heterocycles. The summed E-state index contributed by atoms with van der Waals surface area (Å²) in [6, 6.07) is 7.59. The maximum atomic E-state index is 11.1. The first kappa shape index (κ1) is 15.3. The molecule has 2 fully saturated rings. The van der Waals surface area contributed by atoms with Gasteiger partial charge in [-0.05, 0) is 43.2 Å². The van der Waals surface area contributed by atoms with Crippen molar-refractivity contribution in [3.05, 3.63) is 24.3 Å². The number of ether oxygens (including phenoxy) is 1. The second kappa shape index (κ2) is 7.14. The highest BCUT2D eigenvalue weighted by Gasteiger charge is 2.35. The highest BCUT2D eigenvalue weighted by atomic mass is 16.5. The van der Waals surface area contributed by atoms with Crippen LogP contribution in [0.3, 0.4) is 0 Å². The van der Waals surface area contributed by atoms with Crippen LogP contribution in [0.15, 0.2) is 24.3 Å². The molecule has 2 aliphatic rings. The number of amides is 1. The highest BCUT2D eigenvalue weighted by molar-refractivity contribution is 5.88. The molecule has 1 aliphatic heterocycles. The molecule has 2 atom stereocenters. The van der Waals surface area contributed by atoms with E-state index in [1.165, 1.54) is 39.3 Å². The minimum atomic E-state index is -0.0586. The van der Waals surface area contributed by atoms with E-state index in [1.807, 2.05) is 24.3 Å². The Bertz CT molecular complexity index is 506. The third-order valence-corrected chi connectivity index (χ3v) is 4.84. The molecule has 2 unspecified atom stereocenters. The van der Waals surface area contributed by atoms with Gasteiger partial charge in [0.25, 0.3) is 0 Å². The number of nitrogens with zero attached hydrogens (tertiary/aromatic N) is 1. The lowest BCUT2D eigenvalue weighted by molar-refractivity contribution is -0.114. The van der Waals surface area contributed by atoms with Crippen LogP contribution in [0, 0.1) is 11.8 Å². The molecule has 0 aromatic heterocycles. The Hall–Kier alpha value is -1.55. The number of anilines is 1. The van der Waals surface area contributed by atoms with Gasteiger partial charge in [0.15, 0.2) is 0 Å². The zero-order chi connectivity index (χ0) is 15.4. The van der Waals surface area contributed by atoms with Crippen LogP contribution in [0.4, 0.5) is 5.69 Å². The number of benzene rings is 1. The summed E-state index contributed by atoms with van der Waals surface area (Å²) in [5.41, 5.74) is 0.789. The highest BCUT2D eigenvalue weighted by Crippen LogP contribution is 2.37. The second-order valence-corrected chi connectivity index (χ2v) is 6.62. The summed E-state index contributed by atoms with van der Waals surface area (Å²) in [7, 11) is 0. The van der Waals surface area contributed by atoms with Gasteiger partial charge in [0.05, 0.1) is 6.61 Å². The van der Waals surface area contributed by atoms with Crippen molar-refractivity contribution < 1.29 is 9.53 Å². The molecule has 1 aromatic rings. The average Bonchev–Trinajstić information content (AvgIpc) is 3.04. The topological polar surface area (TPSA) is 41.6 Å². The van der Waals surface area contributed by atoms with Gasteiger partial charge >= 0.3 is 0 Å². The maximum Gasteiger partial charge on any atom is 0.221 e. The molecule has 3 rings (SSSR count). The largest absolute Gasteiger partial charge is 0.493 e. The molecule has 22 heavy (non-hydrogen) atoms. The fourth-order valence-electron chi connectivity index (χ4n) is 3.86. The SMILES string of the molecule is CC(=O)Nc1cccc(OCCCN2CC3CCCC3C2)c1. The van der Waals surface area contributed by atoms with Gasteiger partial charge in [-0.2, -0.15) is 0 Å². The van der Waals surface area contributed by atoms with E-state index >= 15 is 0 Å². The lowest BCUT2D eigenvalue weighted by Crippen LogP contribution is -2.24. The second-order valence-electron chi connectivity index (χ2n) is 6.62. The van der Waals surface area contributed by atoms with Crippen LogP contribution in [0.2, 0.25) is 0 Å². The van der Waals surface area contributed by atoms with Crippen molar-refractivity contribution in [2.45, 2.75) is 32.6 Å². The maximum absolute atomic E-state index is 11.1. The smallest absolute Gasteiger partial charge is 0.221 e. The molecule has 1 heterocycles. The van der Waals surface area contributed by atoms with Crippen LogP contribution in [0.25, 0.3) is 0 Å². The molecule has 0 radical (unpaired) electrons. The zero-order valence-electron chi connectivity index (χ0n) is 13.4. The number of hydrogen-bond acceptors (Lipinski definition) is 3. The Balaban J connectivity index is 1.37. The third kappa shape index (κ3) is 4.01. The molecule has 120 valence electrons. The van der Waals surface area contributed by atoms with Crippen molar-refractivity contribution in [1.82, 2.24) is 4.90 Å². The molecule has 4 heteroatoms. The Labute approximate surface area is 132 Å². The van der Waals surface area contributed by atoms with E-state index < -0.39 is 0 Å². The van der Waals surface area contributed by atoms with Gasteiger partial charge in [0, 0.05) is 38.3 Å². The number of fused-ring (bicyclic) bond motifs is 1. The Morgan fingerprint density at radius 3 is 2.82 bits per heavy atom. The number of rotatable bonds is 6. The molecular weight excluding hydrogens is 276 g/mol. The van der Waals surface area contributed by atoms with Crippen molar-refractivity contribution in [2.75, 3.05) is 31.6 Å². The first-order chi connectivity index (χ1) is 10.7. The molecule has 1 saturated carbocycles. The third-order valence-electron chi connectivity index (χ3n) is 4.84. The van der Waals surface area contributed by atoms with Crippen molar-refractivity contribution in [3.8, 4) is 5.75 Å². The fourth-order valence-corrected chi connectivity index (χ4v) is 3.86. The van der Waals surface area contributed by atoms with Crippen molar-refractivity contribution in [1.29, 1.82) is 0 Å². The van der Waals surface area contributed by atoms with Gasteiger partial charge in [0.2, 0.25) is 5.91 Å². The molecule has 4 nitrogen and oxygen atoms in total. The lowest BCUT2D eigenvalue weighted by Gasteiger charge is -2.16. The zero-order valence-corrected chi connectivity index (χ0v) is 13.4. The van der Waals surface area contributed by atoms with Crippen molar-refractivity contribution in [3.63, 3.8) is 0 Å². The Morgan fingerprint density at radius 2 is 2.09 bits per heavy atom. The summed E-state index contributed by atoms with van der Waals surface area (Å²) in [5.74, 6) is 2.70. The summed E-state index contributed by atoms with van der Waals surface area (Å²) in [4.78, 5) is 13.7. The monoisotopic (exact) mass is 302 g/mol. The standard InChI is InChI=1S/C18H26N2O2/c1-14(21)19-17-7-3-8-18(11-17)22-10-4-9-20-12-15-5-2-6-16(15)13-20/h3,7-8,11,15-16H,2,4-6,9-10,12-13H2,1H3,(H,19,21). The summed E-state index contributed by atoms with van der Waals surface area (Å²) in [6.45, 7) is 5.97. The van der Waals surface area contributed by atoms with Crippen LogP contribution in [-0.4, -0.2) is 37.0 Å². The predicted octanol–water partition coefficient (Wildman–Crippen LogP) is 3.15. The summed E-state index contributed by atoms with van der Waals surface area (Å²) in [6.07, 6.45) is 5.38. The summed E-state index contributed by atoms with van der Waals surface area (Å²) >= 11 is 0. The van der Waals surface area contributed by atoms with Gasteiger partial charge in [0.1, 0.15) is 5.75 Å². The number of carbonyl (C=O) groups excluding carboxylic acids is 1. The Morgan fingerprint density at radius 1 is 1.32 bits per heavy atom. The van der Waals surface area contributed by atoms with E-state index in [0.717, 1.165) is 42.8 Å². The molecule has 0 bridgehead atoms. The first-order valence-electron chi connectivity index (χ1n) is 8.43. The predicted molar refractivity (Wildman–Crippen MR) is 88.1 cm³/mol. The number of nitrogens with one attached hydrogen (secondary N) is 1. The quantitative estimate of drug-likeness (QED) is 0.821. The van der Waals surface area contributed by atoms with E-state index in [2.05, 4.69) is 10.2 Å². The van der Waals surface area contributed by atoms with E-state index in [4.69, 9.17) is 4.74 Å². The normalized spacial score (nSPS) is 24.2. The van der Waals surface area contributed by atoms with Crippen LogP contribution >= 0.6 is 0 Å². The molecular formula is C18H26N2O2. The van der Waals surface area contributed by atoms with Gasteiger partial charge in [-0.15, -0.1) is 0 Å². The van der Waals surface area contributed by atoms with Gasteiger partial charge in [-0.25, -0.2) is 0 Å². The molecule has 1 aliphatic carbocycles. The van der Waals surface area contributed by atoms with Crippen molar-refractivity contribution >= 4 is 11.6 Å². The van der Waals surface area contributed by atoms with Crippen molar-refractivity contribution in [2.24, 2.45) is 11.8 Å². The van der Waals surface area contributed by atoms with E-state index in [1.54, 1.807) is 0 Å². The minimum absolute atomic E-state index is 0.0586. The Kier molecular flexibility index (Phi) is 4.98. The first-order valence-corrected chi connectivity index (χ1v) is 8.43. The molecule has 0 spiro atoms. The van der Waals surface area contributed by atoms with Crippen LogP contribution < -0.4 is 10.1 Å². The number of hydrogen-bond donors (Lipinski definition) is 1. The summed E-state index contributed by atoms with van der Waals surface area (Å²) in [5, 5.41) is 2.78. The van der Waals surface area contributed by atoms with E-state index in [0.29, 0.717) is 0 Å². The van der Waals surface area contributed by atoms with Crippen LogP contribution in [0.5, 0.6) is 5.75 Å². The number of likely N-dealkylation sites (tertiary alicyclic amines) is 1. The number of carbonyl (C=O) groups is 1.